The van der Waals surface area contributed by atoms with Crippen LogP contribution in [0.25, 0.3) is 0 Å². The van der Waals surface area contributed by atoms with Gasteiger partial charge in [0.2, 0.25) is 0 Å². The monoisotopic (exact) mass is 458 g/mol. The maximum atomic E-state index is 12.3. The van der Waals surface area contributed by atoms with Crippen molar-refractivity contribution in [2.24, 2.45) is 0 Å². The fourth-order valence-electron chi connectivity index (χ4n) is 2.97. The Morgan fingerprint density at radius 2 is 1.77 bits per heavy atom. The zero-order valence-electron chi connectivity index (χ0n) is 17.6. The predicted octanol–water partition coefficient (Wildman–Crippen LogP) is 6.25. The smallest absolute Gasteiger partial charge is 0.262 e. The van der Waals surface area contributed by atoms with Gasteiger partial charge in [-0.1, -0.05) is 41.4 Å². The molecule has 5 nitrogen and oxygen atoms in total. The minimum Gasteiger partial charge on any atom is -0.493 e. The van der Waals surface area contributed by atoms with E-state index < -0.39 is 0 Å². The molecule has 1 amide bonds. The molecular weight excluding hydrogens is 435 g/mol. The quantitative estimate of drug-likeness (QED) is 0.418. The third kappa shape index (κ3) is 6.06. The first-order valence-corrected chi connectivity index (χ1v) is 10.5. The Morgan fingerprint density at radius 1 is 0.968 bits per heavy atom. The molecule has 0 unspecified atom stereocenters. The summed E-state index contributed by atoms with van der Waals surface area (Å²) in [5.41, 5.74) is 4.77. The second-order valence-corrected chi connectivity index (χ2v) is 7.87. The van der Waals surface area contributed by atoms with Crippen LogP contribution in [0.3, 0.4) is 0 Å². The highest BCUT2D eigenvalue weighted by molar-refractivity contribution is 6.42. The van der Waals surface area contributed by atoms with Crippen LogP contribution in [0.1, 0.15) is 16.7 Å². The van der Waals surface area contributed by atoms with Gasteiger partial charge in [0.1, 0.15) is 0 Å². The van der Waals surface area contributed by atoms with Crippen molar-refractivity contribution < 1.29 is 14.3 Å². The van der Waals surface area contributed by atoms with Crippen LogP contribution in [-0.2, 0) is 11.3 Å². The first kappa shape index (κ1) is 22.8. The van der Waals surface area contributed by atoms with Crippen molar-refractivity contribution in [2.45, 2.75) is 20.4 Å². The third-order valence-electron chi connectivity index (χ3n) is 4.88. The van der Waals surface area contributed by atoms with E-state index >= 15 is 0 Å². The van der Waals surface area contributed by atoms with Gasteiger partial charge in [0.25, 0.3) is 5.91 Å². The Hall–Kier alpha value is -2.89. The van der Waals surface area contributed by atoms with Gasteiger partial charge in [0.15, 0.2) is 18.1 Å². The van der Waals surface area contributed by atoms with Crippen LogP contribution in [0.2, 0.25) is 10.0 Å². The van der Waals surface area contributed by atoms with Crippen LogP contribution in [-0.4, -0.2) is 19.6 Å². The molecule has 0 bridgehead atoms. The normalized spacial score (nSPS) is 10.5. The summed E-state index contributed by atoms with van der Waals surface area (Å²) >= 11 is 12.0. The van der Waals surface area contributed by atoms with Gasteiger partial charge in [-0.25, -0.2) is 0 Å². The summed E-state index contributed by atoms with van der Waals surface area (Å²) < 4.78 is 11.1. The largest absolute Gasteiger partial charge is 0.493 e. The van der Waals surface area contributed by atoms with E-state index in [4.69, 9.17) is 32.7 Å². The number of methoxy groups -OCH3 is 1. The number of hydrogen-bond donors (Lipinski definition) is 2. The van der Waals surface area contributed by atoms with Gasteiger partial charge in [-0.2, -0.15) is 0 Å². The van der Waals surface area contributed by atoms with Crippen molar-refractivity contribution >= 4 is 40.5 Å². The molecule has 0 aromatic heterocycles. The number of halogens is 2. The zero-order chi connectivity index (χ0) is 22.4. The van der Waals surface area contributed by atoms with Crippen molar-refractivity contribution in [1.29, 1.82) is 0 Å². The highest BCUT2D eigenvalue weighted by Gasteiger charge is 2.11. The Morgan fingerprint density at radius 3 is 2.52 bits per heavy atom. The van der Waals surface area contributed by atoms with Gasteiger partial charge in [0.05, 0.1) is 17.2 Å². The molecule has 31 heavy (non-hydrogen) atoms. The summed E-state index contributed by atoms with van der Waals surface area (Å²) in [6, 6.07) is 16.7. The molecule has 0 spiro atoms. The first-order valence-electron chi connectivity index (χ1n) is 9.72. The minimum absolute atomic E-state index is 0.120. The summed E-state index contributed by atoms with van der Waals surface area (Å²) in [6.45, 7) is 4.41. The Labute approximate surface area is 192 Å². The van der Waals surface area contributed by atoms with Crippen molar-refractivity contribution in [3.63, 3.8) is 0 Å². The minimum atomic E-state index is -0.235. The second kappa shape index (κ2) is 10.4. The van der Waals surface area contributed by atoms with E-state index in [1.807, 2.05) is 50.2 Å². The van der Waals surface area contributed by atoms with Crippen LogP contribution in [0.15, 0.2) is 54.6 Å². The van der Waals surface area contributed by atoms with Crippen molar-refractivity contribution in [1.82, 2.24) is 0 Å². The highest BCUT2D eigenvalue weighted by Crippen LogP contribution is 2.29. The Balaban J connectivity index is 1.59. The standard InChI is InChI=1S/C24H24Cl2N2O3/c1-15-5-4-6-21(16(15)2)28-24(29)14-31-22-10-7-17(11-23(22)30-3)13-27-18-8-9-19(25)20(26)12-18/h4-12,27H,13-14H2,1-3H3,(H,28,29). The number of carbonyl (C=O) groups is 1. The van der Waals surface area contributed by atoms with E-state index in [2.05, 4.69) is 10.6 Å². The number of amides is 1. The molecule has 3 aromatic carbocycles. The van der Waals surface area contributed by atoms with Crippen molar-refractivity contribution in [3.05, 3.63) is 81.3 Å². The zero-order valence-corrected chi connectivity index (χ0v) is 19.1. The van der Waals surface area contributed by atoms with Gasteiger partial charge >= 0.3 is 0 Å². The summed E-state index contributed by atoms with van der Waals surface area (Å²) in [5.74, 6) is 0.811. The van der Waals surface area contributed by atoms with Crippen LogP contribution in [0, 0.1) is 13.8 Å². The Bertz CT molecular complexity index is 1090. The first-order chi connectivity index (χ1) is 14.9. The lowest BCUT2D eigenvalue weighted by atomic mass is 10.1. The molecule has 0 saturated heterocycles. The molecule has 0 aliphatic heterocycles. The molecule has 3 rings (SSSR count). The lowest BCUT2D eigenvalue weighted by molar-refractivity contribution is -0.118. The molecule has 7 heteroatoms. The number of ether oxygens (including phenoxy) is 2. The summed E-state index contributed by atoms with van der Waals surface area (Å²) in [4.78, 5) is 12.3. The number of nitrogens with one attached hydrogen (secondary N) is 2. The van der Waals surface area contributed by atoms with Gasteiger partial charge in [-0.15, -0.1) is 0 Å². The molecule has 0 radical (unpaired) electrons. The molecule has 0 aliphatic rings. The lowest BCUT2D eigenvalue weighted by Gasteiger charge is -2.14. The summed E-state index contributed by atoms with van der Waals surface area (Å²) in [7, 11) is 1.56. The molecular formula is C24H24Cl2N2O3. The molecule has 0 saturated carbocycles. The summed E-state index contributed by atoms with van der Waals surface area (Å²) in [5, 5.41) is 7.17. The molecule has 0 fully saturated rings. The van der Waals surface area contributed by atoms with Crippen LogP contribution >= 0.6 is 23.2 Å². The van der Waals surface area contributed by atoms with Crippen LogP contribution < -0.4 is 20.1 Å². The average molecular weight is 459 g/mol. The maximum Gasteiger partial charge on any atom is 0.262 e. The van der Waals surface area contributed by atoms with Crippen molar-refractivity contribution in [3.8, 4) is 11.5 Å². The van der Waals surface area contributed by atoms with E-state index in [0.29, 0.717) is 28.1 Å². The molecule has 162 valence electrons. The second-order valence-electron chi connectivity index (χ2n) is 7.05. The molecule has 2 N–H and O–H groups in total. The highest BCUT2D eigenvalue weighted by atomic mass is 35.5. The number of hydrogen-bond acceptors (Lipinski definition) is 4. The van der Waals surface area contributed by atoms with Crippen LogP contribution in [0.5, 0.6) is 11.5 Å². The molecule has 0 aliphatic carbocycles. The lowest BCUT2D eigenvalue weighted by Crippen LogP contribution is -2.21. The number of rotatable bonds is 8. The SMILES string of the molecule is COc1cc(CNc2ccc(Cl)c(Cl)c2)ccc1OCC(=O)Nc1cccc(C)c1C. The molecule has 0 atom stereocenters. The van der Waals surface area contributed by atoms with E-state index in [1.54, 1.807) is 25.3 Å². The number of benzene rings is 3. The average Bonchev–Trinajstić information content (AvgIpc) is 2.76. The van der Waals surface area contributed by atoms with Gasteiger partial charge in [-0.3, -0.25) is 4.79 Å². The van der Waals surface area contributed by atoms with Crippen molar-refractivity contribution in [2.75, 3.05) is 24.4 Å². The maximum absolute atomic E-state index is 12.3. The van der Waals surface area contributed by atoms with E-state index in [1.165, 1.54) is 0 Å². The van der Waals surface area contributed by atoms with Crippen LogP contribution in [0.4, 0.5) is 11.4 Å². The number of carbonyl (C=O) groups excluding carboxylic acids is 1. The number of aryl methyl sites for hydroxylation is 1. The topological polar surface area (TPSA) is 59.6 Å². The molecule has 0 heterocycles. The summed E-state index contributed by atoms with van der Waals surface area (Å²) in [6.07, 6.45) is 0. The van der Waals surface area contributed by atoms with E-state index in [-0.39, 0.29) is 12.5 Å². The third-order valence-corrected chi connectivity index (χ3v) is 5.62. The fourth-order valence-corrected chi connectivity index (χ4v) is 3.27. The van der Waals surface area contributed by atoms with E-state index in [9.17, 15) is 4.79 Å². The predicted molar refractivity (Wildman–Crippen MR) is 127 cm³/mol. The van der Waals surface area contributed by atoms with Gasteiger partial charge in [-0.05, 0) is 66.9 Å². The Kier molecular flexibility index (Phi) is 7.66. The van der Waals surface area contributed by atoms with Gasteiger partial charge in [0, 0.05) is 17.9 Å². The fraction of sp³-hybridized carbons (Fsp3) is 0.208. The van der Waals surface area contributed by atoms with E-state index in [0.717, 1.165) is 28.1 Å². The number of anilines is 2. The molecule has 3 aromatic rings. The van der Waals surface area contributed by atoms with Gasteiger partial charge < -0.3 is 20.1 Å².